The van der Waals surface area contributed by atoms with Crippen molar-refractivity contribution in [3.63, 3.8) is 0 Å². The zero-order chi connectivity index (χ0) is 26.9. The van der Waals surface area contributed by atoms with Gasteiger partial charge in [-0.25, -0.2) is 13.2 Å². The minimum atomic E-state index is -4.23. The summed E-state index contributed by atoms with van der Waals surface area (Å²) in [6.07, 6.45) is 0.704. The first-order valence-electron chi connectivity index (χ1n) is 11.1. The van der Waals surface area contributed by atoms with E-state index >= 15 is 4.39 Å². The molecule has 0 spiro atoms. The van der Waals surface area contributed by atoms with Gasteiger partial charge in [-0.15, -0.1) is 0 Å². The van der Waals surface area contributed by atoms with E-state index in [2.05, 4.69) is 10.2 Å². The van der Waals surface area contributed by atoms with Crippen molar-refractivity contribution >= 4 is 16.0 Å². The second kappa shape index (κ2) is 10.3. The fourth-order valence-electron chi connectivity index (χ4n) is 4.58. The number of halogens is 3. The molecule has 0 saturated carbocycles. The standard InChI is InChI=1S/C24H22F3N3O6S/c1-37(34,35)36-23(17-6-3-11-30(17)24(33)21-22(32)18(31)12-28-29-21)19(13-7-9-14(25)10-8-13)15-4-2-5-16(26)20(15)27/h2,4-5,7-10,12,17,19,23H,3,6,11H2,1H3,(H,28,32)(H,29,31). The lowest BCUT2D eigenvalue weighted by Crippen LogP contribution is -2.48. The fourth-order valence-corrected chi connectivity index (χ4v) is 5.23. The Morgan fingerprint density at radius 2 is 1.89 bits per heavy atom. The molecule has 3 unspecified atom stereocenters. The largest absolute Gasteiger partial charge is 0.503 e. The molecule has 4 rings (SSSR count). The van der Waals surface area contributed by atoms with Crippen molar-refractivity contribution in [3.8, 4) is 5.75 Å². The molecule has 1 aromatic heterocycles. The lowest BCUT2D eigenvalue weighted by atomic mass is 9.82. The molecule has 0 aliphatic carbocycles. The normalized spacial score (nSPS) is 17.5. The second-order valence-electron chi connectivity index (χ2n) is 8.59. The number of carbonyl (C=O) groups is 1. The van der Waals surface area contributed by atoms with E-state index < -0.39 is 68.4 Å². The van der Waals surface area contributed by atoms with Gasteiger partial charge in [0.15, 0.2) is 23.1 Å². The first kappa shape index (κ1) is 26.4. The summed E-state index contributed by atoms with van der Waals surface area (Å²) in [4.78, 5) is 26.8. The summed E-state index contributed by atoms with van der Waals surface area (Å²) in [5, 5.41) is 15.6. The molecule has 3 atom stereocenters. The van der Waals surface area contributed by atoms with Crippen LogP contribution >= 0.6 is 0 Å². The van der Waals surface area contributed by atoms with Crippen molar-refractivity contribution in [3.05, 3.63) is 93.2 Å². The summed E-state index contributed by atoms with van der Waals surface area (Å²) in [5.41, 5.74) is -1.75. The molecule has 9 nitrogen and oxygen atoms in total. The van der Waals surface area contributed by atoms with Crippen molar-refractivity contribution in [2.45, 2.75) is 30.9 Å². The lowest BCUT2D eigenvalue weighted by Gasteiger charge is -2.36. The Kier molecular flexibility index (Phi) is 7.37. The third-order valence-corrected chi connectivity index (χ3v) is 6.70. The van der Waals surface area contributed by atoms with Crippen LogP contribution in [0.25, 0.3) is 0 Å². The Bertz CT molecular complexity index is 1480. The van der Waals surface area contributed by atoms with Crippen LogP contribution in [0.4, 0.5) is 13.2 Å². The predicted octanol–water partition coefficient (Wildman–Crippen LogP) is 2.67. The number of H-pyrrole nitrogens is 1. The first-order chi connectivity index (χ1) is 17.5. The lowest BCUT2D eigenvalue weighted by molar-refractivity contribution is 0.0525. The molecule has 2 aromatic carbocycles. The van der Waals surface area contributed by atoms with E-state index in [9.17, 15) is 31.9 Å². The molecule has 2 N–H and O–H groups in total. The maximum atomic E-state index is 15.1. The van der Waals surface area contributed by atoms with Gasteiger partial charge in [-0.2, -0.15) is 13.5 Å². The number of hydrogen-bond donors (Lipinski definition) is 2. The number of carbonyl (C=O) groups excluding carboxylic acids is 1. The summed E-state index contributed by atoms with van der Waals surface area (Å²) in [6, 6.07) is 7.03. The summed E-state index contributed by atoms with van der Waals surface area (Å²) in [7, 11) is -4.23. The van der Waals surface area contributed by atoms with Crippen molar-refractivity contribution < 1.29 is 35.7 Å². The quantitative estimate of drug-likeness (QED) is 0.444. The number of amides is 1. The minimum absolute atomic E-state index is 0.0612. The van der Waals surface area contributed by atoms with E-state index in [0.717, 1.165) is 35.6 Å². The van der Waals surface area contributed by atoms with E-state index in [-0.39, 0.29) is 24.1 Å². The van der Waals surface area contributed by atoms with Gasteiger partial charge in [0.1, 0.15) is 11.9 Å². The molecule has 1 fully saturated rings. The molecule has 1 aliphatic heterocycles. The van der Waals surface area contributed by atoms with Gasteiger partial charge in [0.2, 0.25) is 0 Å². The Morgan fingerprint density at radius 3 is 2.57 bits per heavy atom. The Morgan fingerprint density at radius 1 is 1.19 bits per heavy atom. The molecule has 0 radical (unpaired) electrons. The van der Waals surface area contributed by atoms with Crippen LogP contribution < -0.4 is 5.43 Å². The number of aromatic amines is 1. The number of likely N-dealkylation sites (tertiary alicyclic amines) is 1. The van der Waals surface area contributed by atoms with Gasteiger partial charge < -0.3 is 10.0 Å². The summed E-state index contributed by atoms with van der Waals surface area (Å²) >= 11 is 0. The van der Waals surface area contributed by atoms with Crippen LogP contribution in [0, 0.1) is 17.5 Å². The molecule has 1 aliphatic rings. The number of nitrogens with one attached hydrogen (secondary N) is 1. The molecule has 0 bridgehead atoms. The molecule has 3 aromatic rings. The minimum Gasteiger partial charge on any atom is -0.503 e. The maximum Gasteiger partial charge on any atom is 0.278 e. The average Bonchev–Trinajstić information content (AvgIpc) is 3.33. The Balaban J connectivity index is 1.88. The van der Waals surface area contributed by atoms with Crippen LogP contribution in [0.2, 0.25) is 0 Å². The molecule has 196 valence electrons. The average molecular weight is 538 g/mol. The summed E-state index contributed by atoms with van der Waals surface area (Å²) in [6.45, 7) is 0.0612. The van der Waals surface area contributed by atoms with Gasteiger partial charge in [-0.3, -0.25) is 18.9 Å². The molecule has 2 heterocycles. The zero-order valence-corrected chi connectivity index (χ0v) is 20.2. The molecule has 13 heteroatoms. The first-order valence-corrected chi connectivity index (χ1v) is 12.9. The number of benzene rings is 2. The van der Waals surface area contributed by atoms with Crippen molar-refractivity contribution in [2.75, 3.05) is 12.8 Å². The third-order valence-electron chi connectivity index (χ3n) is 6.13. The number of hydrogen-bond acceptors (Lipinski definition) is 7. The second-order valence-corrected chi connectivity index (χ2v) is 10.2. The Hall–Kier alpha value is -3.71. The smallest absolute Gasteiger partial charge is 0.278 e. The van der Waals surface area contributed by atoms with E-state index in [1.807, 2.05) is 0 Å². The maximum absolute atomic E-state index is 15.1. The van der Waals surface area contributed by atoms with E-state index in [0.29, 0.717) is 6.42 Å². The molecular weight excluding hydrogens is 515 g/mol. The molecular formula is C24H22F3N3O6S. The van der Waals surface area contributed by atoms with Gasteiger partial charge in [0.05, 0.1) is 18.5 Å². The van der Waals surface area contributed by atoms with Crippen LogP contribution in [0.15, 0.2) is 53.5 Å². The number of rotatable bonds is 7. The summed E-state index contributed by atoms with van der Waals surface area (Å²) in [5.74, 6) is -6.05. The SMILES string of the molecule is CS(=O)(=O)OC(C(c1ccc(F)cc1)c1cccc(F)c1F)C1CCCN1C(=O)c1n[nH]cc(O)c1=O. The topological polar surface area (TPSA) is 130 Å². The highest BCUT2D eigenvalue weighted by molar-refractivity contribution is 7.86. The fraction of sp³-hybridized carbons (Fsp3) is 0.292. The monoisotopic (exact) mass is 537 g/mol. The third kappa shape index (κ3) is 5.52. The number of aromatic hydroxyl groups is 1. The Labute approximate surface area is 209 Å². The van der Waals surface area contributed by atoms with Crippen LogP contribution in [0.3, 0.4) is 0 Å². The predicted molar refractivity (Wildman–Crippen MR) is 125 cm³/mol. The van der Waals surface area contributed by atoms with E-state index in [4.69, 9.17) is 4.18 Å². The van der Waals surface area contributed by atoms with Crippen molar-refractivity contribution in [2.24, 2.45) is 0 Å². The summed E-state index contributed by atoms with van der Waals surface area (Å²) < 4.78 is 73.2. The number of aromatic nitrogens is 2. The van der Waals surface area contributed by atoms with Gasteiger partial charge in [0, 0.05) is 18.0 Å². The highest BCUT2D eigenvalue weighted by Gasteiger charge is 2.44. The van der Waals surface area contributed by atoms with Crippen LogP contribution in [-0.2, 0) is 14.3 Å². The van der Waals surface area contributed by atoms with Gasteiger partial charge in [-0.05, 0) is 36.6 Å². The highest BCUT2D eigenvalue weighted by atomic mass is 32.2. The van der Waals surface area contributed by atoms with Crippen LogP contribution in [0.1, 0.15) is 40.4 Å². The number of nitrogens with zero attached hydrogens (tertiary/aromatic N) is 2. The van der Waals surface area contributed by atoms with Gasteiger partial charge in [0.25, 0.3) is 21.5 Å². The van der Waals surface area contributed by atoms with Crippen LogP contribution in [0.5, 0.6) is 5.75 Å². The molecule has 1 saturated heterocycles. The van der Waals surface area contributed by atoms with Crippen LogP contribution in [-0.4, -0.2) is 59.5 Å². The highest BCUT2D eigenvalue weighted by Crippen LogP contribution is 2.39. The van der Waals surface area contributed by atoms with E-state index in [1.54, 1.807) is 0 Å². The molecule has 1 amide bonds. The van der Waals surface area contributed by atoms with Crippen molar-refractivity contribution in [1.82, 2.24) is 15.1 Å². The zero-order valence-electron chi connectivity index (χ0n) is 19.4. The molecule has 37 heavy (non-hydrogen) atoms. The van der Waals surface area contributed by atoms with E-state index in [1.165, 1.54) is 24.3 Å². The van der Waals surface area contributed by atoms with Gasteiger partial charge in [-0.1, -0.05) is 24.3 Å². The van der Waals surface area contributed by atoms with Gasteiger partial charge >= 0.3 is 0 Å². The van der Waals surface area contributed by atoms with Crippen molar-refractivity contribution in [1.29, 1.82) is 0 Å².